The molecular formula is C16H15N3O. The minimum atomic E-state index is 0.721. The maximum Gasteiger partial charge on any atom is 0.192 e. The summed E-state index contributed by atoms with van der Waals surface area (Å²) in [5.74, 6) is 0.721. The van der Waals surface area contributed by atoms with E-state index in [-0.39, 0.29) is 0 Å². The summed E-state index contributed by atoms with van der Waals surface area (Å²) in [6.07, 6.45) is 3.51. The molecule has 20 heavy (non-hydrogen) atoms. The molecule has 0 amide bonds. The van der Waals surface area contributed by atoms with Crippen LogP contribution in [0, 0.1) is 0 Å². The highest BCUT2D eigenvalue weighted by Gasteiger charge is 2.18. The van der Waals surface area contributed by atoms with E-state index >= 15 is 0 Å². The van der Waals surface area contributed by atoms with Gasteiger partial charge in [-0.2, -0.15) is 0 Å². The Bertz CT molecular complexity index is 620. The Morgan fingerprint density at radius 2 is 1.85 bits per heavy atom. The van der Waals surface area contributed by atoms with Crippen LogP contribution in [0.2, 0.25) is 0 Å². The van der Waals surface area contributed by atoms with Crippen LogP contribution in [-0.4, -0.2) is 16.7 Å². The van der Waals surface area contributed by atoms with Crippen molar-refractivity contribution in [3.05, 3.63) is 54.9 Å². The maximum absolute atomic E-state index is 5.54. The van der Waals surface area contributed by atoms with E-state index in [1.807, 2.05) is 42.5 Å². The summed E-state index contributed by atoms with van der Waals surface area (Å²) in [4.78, 5) is 4.13. The third kappa shape index (κ3) is 2.28. The fourth-order valence-corrected chi connectivity index (χ4v) is 2.12. The van der Waals surface area contributed by atoms with Crippen molar-refractivity contribution >= 4 is 5.69 Å². The molecule has 0 aliphatic rings. The van der Waals surface area contributed by atoms with Crippen LogP contribution in [0.4, 0.5) is 5.69 Å². The SMILES string of the molecule is CCNc1c(-c2ccccc2)noc1-c1cccnc1. The van der Waals surface area contributed by atoms with Gasteiger partial charge in [-0.15, -0.1) is 0 Å². The zero-order valence-corrected chi connectivity index (χ0v) is 11.2. The smallest absolute Gasteiger partial charge is 0.192 e. The molecular weight excluding hydrogens is 250 g/mol. The van der Waals surface area contributed by atoms with E-state index in [2.05, 4.69) is 22.4 Å². The van der Waals surface area contributed by atoms with Gasteiger partial charge in [0.05, 0.1) is 0 Å². The molecule has 0 radical (unpaired) electrons. The highest BCUT2D eigenvalue weighted by Crippen LogP contribution is 2.36. The van der Waals surface area contributed by atoms with Crippen LogP contribution in [-0.2, 0) is 0 Å². The van der Waals surface area contributed by atoms with Gasteiger partial charge in [0.25, 0.3) is 0 Å². The van der Waals surface area contributed by atoms with Crippen LogP contribution >= 0.6 is 0 Å². The van der Waals surface area contributed by atoms with Crippen molar-refractivity contribution < 1.29 is 4.52 Å². The summed E-state index contributed by atoms with van der Waals surface area (Å²) in [6, 6.07) is 13.8. The van der Waals surface area contributed by atoms with Crippen LogP contribution in [0.3, 0.4) is 0 Å². The number of benzene rings is 1. The third-order valence-electron chi connectivity index (χ3n) is 3.02. The summed E-state index contributed by atoms with van der Waals surface area (Å²) in [6.45, 7) is 2.85. The molecule has 0 spiro atoms. The molecule has 0 bridgehead atoms. The lowest BCUT2D eigenvalue weighted by Gasteiger charge is -2.05. The molecule has 100 valence electrons. The molecule has 0 saturated heterocycles. The van der Waals surface area contributed by atoms with Gasteiger partial charge >= 0.3 is 0 Å². The van der Waals surface area contributed by atoms with Crippen molar-refractivity contribution in [2.45, 2.75) is 6.92 Å². The lowest BCUT2D eigenvalue weighted by Crippen LogP contribution is -1.98. The Kier molecular flexibility index (Phi) is 3.46. The lowest BCUT2D eigenvalue weighted by molar-refractivity contribution is 0.435. The molecule has 0 atom stereocenters. The fraction of sp³-hybridized carbons (Fsp3) is 0.125. The minimum Gasteiger partial charge on any atom is -0.380 e. The van der Waals surface area contributed by atoms with Crippen LogP contribution in [0.1, 0.15) is 6.92 Å². The Morgan fingerprint density at radius 1 is 1.05 bits per heavy atom. The molecule has 1 N–H and O–H groups in total. The summed E-state index contributed by atoms with van der Waals surface area (Å²) >= 11 is 0. The van der Waals surface area contributed by atoms with E-state index in [9.17, 15) is 0 Å². The molecule has 0 fully saturated rings. The lowest BCUT2D eigenvalue weighted by atomic mass is 10.1. The zero-order chi connectivity index (χ0) is 13.8. The maximum atomic E-state index is 5.54. The van der Waals surface area contributed by atoms with Crippen molar-refractivity contribution in [1.82, 2.24) is 10.1 Å². The van der Waals surface area contributed by atoms with E-state index < -0.39 is 0 Å². The molecule has 4 heteroatoms. The first-order valence-electron chi connectivity index (χ1n) is 6.59. The van der Waals surface area contributed by atoms with Crippen molar-refractivity contribution in [1.29, 1.82) is 0 Å². The second kappa shape index (κ2) is 5.57. The molecule has 2 aromatic heterocycles. The molecule has 0 unspecified atom stereocenters. The van der Waals surface area contributed by atoms with Gasteiger partial charge in [0.15, 0.2) is 5.76 Å². The van der Waals surface area contributed by atoms with E-state index in [4.69, 9.17) is 4.52 Å². The van der Waals surface area contributed by atoms with Crippen molar-refractivity contribution in [3.8, 4) is 22.6 Å². The predicted octanol–water partition coefficient (Wildman–Crippen LogP) is 3.84. The summed E-state index contributed by atoms with van der Waals surface area (Å²) in [5, 5.41) is 7.55. The summed E-state index contributed by atoms with van der Waals surface area (Å²) in [7, 11) is 0. The Morgan fingerprint density at radius 3 is 2.55 bits per heavy atom. The molecule has 0 aliphatic carbocycles. The van der Waals surface area contributed by atoms with Crippen molar-refractivity contribution in [2.75, 3.05) is 11.9 Å². The molecule has 0 saturated carbocycles. The number of nitrogens with one attached hydrogen (secondary N) is 1. The van der Waals surface area contributed by atoms with Crippen LogP contribution in [0.25, 0.3) is 22.6 Å². The first-order chi connectivity index (χ1) is 9.90. The minimum absolute atomic E-state index is 0.721. The van der Waals surface area contributed by atoms with Crippen LogP contribution in [0.15, 0.2) is 59.4 Å². The average molecular weight is 265 g/mol. The predicted molar refractivity (Wildman–Crippen MR) is 79.3 cm³/mol. The zero-order valence-electron chi connectivity index (χ0n) is 11.2. The third-order valence-corrected chi connectivity index (χ3v) is 3.02. The van der Waals surface area contributed by atoms with Crippen LogP contribution < -0.4 is 5.32 Å². The van der Waals surface area contributed by atoms with Gasteiger partial charge in [0.2, 0.25) is 0 Å². The molecule has 0 aliphatic heterocycles. The second-order valence-corrected chi connectivity index (χ2v) is 4.37. The topological polar surface area (TPSA) is 51.0 Å². The monoisotopic (exact) mass is 265 g/mol. The van der Waals surface area contributed by atoms with Gasteiger partial charge in [-0.05, 0) is 19.1 Å². The molecule has 3 rings (SSSR count). The largest absolute Gasteiger partial charge is 0.380 e. The van der Waals surface area contributed by atoms with Crippen molar-refractivity contribution in [2.24, 2.45) is 0 Å². The number of nitrogens with zero attached hydrogens (tertiary/aromatic N) is 2. The molecule has 3 aromatic rings. The number of pyridine rings is 1. The van der Waals surface area contributed by atoms with E-state index in [1.54, 1.807) is 12.4 Å². The fourth-order valence-electron chi connectivity index (χ4n) is 2.12. The Balaban J connectivity index is 2.12. The number of aromatic nitrogens is 2. The second-order valence-electron chi connectivity index (χ2n) is 4.37. The highest BCUT2D eigenvalue weighted by atomic mass is 16.5. The summed E-state index contributed by atoms with van der Waals surface area (Å²) in [5.41, 5.74) is 3.68. The number of anilines is 1. The van der Waals surface area contributed by atoms with Gasteiger partial charge in [-0.25, -0.2) is 0 Å². The highest BCUT2D eigenvalue weighted by molar-refractivity contribution is 5.85. The van der Waals surface area contributed by atoms with Gasteiger partial charge in [-0.1, -0.05) is 35.5 Å². The molecule has 4 nitrogen and oxygen atoms in total. The normalized spacial score (nSPS) is 10.4. The first kappa shape index (κ1) is 12.4. The van der Waals surface area contributed by atoms with Gasteiger partial charge in [0.1, 0.15) is 11.4 Å². The number of rotatable bonds is 4. The first-order valence-corrected chi connectivity index (χ1v) is 6.59. The van der Waals surface area contributed by atoms with Crippen LogP contribution in [0.5, 0.6) is 0 Å². The van der Waals surface area contributed by atoms with Gasteiger partial charge in [0, 0.05) is 30.1 Å². The molecule has 2 heterocycles. The van der Waals surface area contributed by atoms with Gasteiger partial charge in [-0.3, -0.25) is 4.98 Å². The van der Waals surface area contributed by atoms with E-state index in [0.717, 1.165) is 34.8 Å². The van der Waals surface area contributed by atoms with E-state index in [1.165, 1.54) is 0 Å². The number of hydrogen-bond donors (Lipinski definition) is 1. The Labute approximate surface area is 117 Å². The summed E-state index contributed by atoms with van der Waals surface area (Å²) < 4.78 is 5.54. The standard InChI is InChI=1S/C16H15N3O/c1-2-18-15-14(12-7-4-3-5-8-12)19-20-16(15)13-9-6-10-17-11-13/h3-11,18H,2H2,1H3. The van der Waals surface area contributed by atoms with E-state index in [0.29, 0.717) is 0 Å². The van der Waals surface area contributed by atoms with Gasteiger partial charge < -0.3 is 9.84 Å². The number of hydrogen-bond acceptors (Lipinski definition) is 4. The quantitative estimate of drug-likeness (QED) is 0.778. The molecule has 1 aromatic carbocycles. The average Bonchev–Trinajstić information content (AvgIpc) is 2.93. The van der Waals surface area contributed by atoms with Crippen molar-refractivity contribution in [3.63, 3.8) is 0 Å². The Hall–Kier alpha value is -2.62.